The van der Waals surface area contributed by atoms with Gasteiger partial charge in [-0.25, -0.2) is 0 Å². The van der Waals surface area contributed by atoms with E-state index in [4.69, 9.17) is 9.47 Å². The maximum Gasteiger partial charge on any atom is 0.401 e. The third-order valence-corrected chi connectivity index (χ3v) is 3.70. The first-order valence-corrected chi connectivity index (χ1v) is 7.14. The molecule has 8 heteroatoms. The van der Waals surface area contributed by atoms with E-state index in [0.717, 1.165) is 0 Å². The van der Waals surface area contributed by atoms with Crippen molar-refractivity contribution in [2.45, 2.75) is 6.18 Å². The Labute approximate surface area is 132 Å². The minimum Gasteiger partial charge on any atom is -0.497 e. The lowest BCUT2D eigenvalue weighted by Crippen LogP contribution is -2.50. The number of hydrogen-bond donors (Lipinski definition) is 0. The van der Waals surface area contributed by atoms with Gasteiger partial charge >= 0.3 is 6.18 Å². The van der Waals surface area contributed by atoms with Crippen LogP contribution >= 0.6 is 0 Å². The second kappa shape index (κ2) is 7.08. The lowest BCUT2D eigenvalue weighted by atomic mass is 10.1. The highest BCUT2D eigenvalue weighted by atomic mass is 19.4. The summed E-state index contributed by atoms with van der Waals surface area (Å²) in [6.45, 7) is -0.0723. The van der Waals surface area contributed by atoms with Crippen LogP contribution in [0, 0.1) is 0 Å². The number of ether oxygens (including phenoxy) is 2. The Morgan fingerprint density at radius 2 is 1.78 bits per heavy atom. The molecule has 1 aliphatic rings. The number of halogens is 3. The summed E-state index contributed by atoms with van der Waals surface area (Å²) in [6.07, 6.45) is -4.22. The maximum atomic E-state index is 12.6. The van der Waals surface area contributed by atoms with Crippen molar-refractivity contribution >= 4 is 5.91 Å². The number of methoxy groups -OCH3 is 2. The molecule has 1 aliphatic heterocycles. The fourth-order valence-corrected chi connectivity index (χ4v) is 2.51. The van der Waals surface area contributed by atoms with Crippen LogP contribution in [0.15, 0.2) is 18.2 Å². The number of benzene rings is 1. The summed E-state index contributed by atoms with van der Waals surface area (Å²) in [5, 5.41) is 0. The quantitative estimate of drug-likeness (QED) is 0.846. The van der Waals surface area contributed by atoms with Crippen LogP contribution in [-0.4, -0.2) is 68.8 Å². The smallest absolute Gasteiger partial charge is 0.401 e. The van der Waals surface area contributed by atoms with Gasteiger partial charge in [-0.15, -0.1) is 0 Å². The molecule has 0 atom stereocenters. The highest BCUT2D eigenvalue weighted by molar-refractivity contribution is 5.97. The molecule has 0 N–H and O–H groups in total. The number of rotatable bonds is 4. The first-order chi connectivity index (χ1) is 10.8. The summed E-state index contributed by atoms with van der Waals surface area (Å²) >= 11 is 0. The molecular formula is C15H19F3N2O3. The third kappa shape index (κ3) is 4.51. The summed E-state index contributed by atoms with van der Waals surface area (Å²) in [7, 11) is 2.95. The number of piperazine rings is 1. The number of nitrogens with zero attached hydrogens (tertiary/aromatic N) is 2. The highest BCUT2D eigenvalue weighted by Crippen LogP contribution is 2.26. The van der Waals surface area contributed by atoms with E-state index < -0.39 is 12.7 Å². The van der Waals surface area contributed by atoms with Crippen LogP contribution in [0.3, 0.4) is 0 Å². The van der Waals surface area contributed by atoms with Crippen molar-refractivity contribution in [1.82, 2.24) is 9.80 Å². The minimum atomic E-state index is -4.22. The number of carbonyl (C=O) groups is 1. The van der Waals surface area contributed by atoms with Crippen LogP contribution in [0.4, 0.5) is 13.2 Å². The monoisotopic (exact) mass is 332 g/mol. The normalized spacial score (nSPS) is 16.3. The van der Waals surface area contributed by atoms with E-state index in [-0.39, 0.29) is 32.1 Å². The van der Waals surface area contributed by atoms with Crippen molar-refractivity contribution in [3.63, 3.8) is 0 Å². The predicted octanol–water partition coefficient (Wildman–Crippen LogP) is 2.02. The van der Waals surface area contributed by atoms with Crippen molar-refractivity contribution in [3.05, 3.63) is 23.8 Å². The number of carbonyl (C=O) groups excluding carboxylic acids is 1. The van der Waals surface area contributed by atoms with Crippen LogP contribution in [0.25, 0.3) is 0 Å². The maximum absolute atomic E-state index is 12.6. The molecule has 2 rings (SSSR count). The standard InChI is InChI=1S/C15H19F3N2O3/c1-22-11-3-4-13(23-2)12(9-11)14(21)20-7-5-19(6-8-20)10-15(16,17)18/h3-4,9H,5-8,10H2,1-2H3. The van der Waals surface area contributed by atoms with Crippen LogP contribution in [-0.2, 0) is 0 Å². The van der Waals surface area contributed by atoms with Gasteiger partial charge in [-0.05, 0) is 18.2 Å². The van der Waals surface area contributed by atoms with Gasteiger partial charge in [0.2, 0.25) is 0 Å². The van der Waals surface area contributed by atoms with Gasteiger partial charge in [0.1, 0.15) is 11.5 Å². The van der Waals surface area contributed by atoms with Gasteiger partial charge in [-0.3, -0.25) is 9.69 Å². The Morgan fingerprint density at radius 3 is 2.30 bits per heavy atom. The van der Waals surface area contributed by atoms with Gasteiger partial charge in [0, 0.05) is 26.2 Å². The van der Waals surface area contributed by atoms with E-state index in [1.807, 2.05) is 0 Å². The SMILES string of the molecule is COc1ccc(OC)c(C(=O)N2CCN(CC(F)(F)F)CC2)c1. The molecule has 1 heterocycles. The van der Waals surface area contributed by atoms with Gasteiger partial charge in [-0.1, -0.05) is 0 Å². The summed E-state index contributed by atoms with van der Waals surface area (Å²) in [4.78, 5) is 15.4. The second-order valence-electron chi connectivity index (χ2n) is 5.25. The molecule has 0 saturated carbocycles. The van der Waals surface area contributed by atoms with Crippen LogP contribution in [0.2, 0.25) is 0 Å². The molecule has 1 saturated heterocycles. The van der Waals surface area contributed by atoms with Crippen LogP contribution < -0.4 is 9.47 Å². The van der Waals surface area contributed by atoms with Gasteiger partial charge in [0.05, 0.1) is 26.3 Å². The molecule has 0 radical (unpaired) electrons. The Bertz CT molecular complexity index is 555. The zero-order chi connectivity index (χ0) is 17.0. The molecule has 1 amide bonds. The van der Waals surface area contributed by atoms with Crippen molar-refractivity contribution in [2.24, 2.45) is 0 Å². The fraction of sp³-hybridized carbons (Fsp3) is 0.533. The summed E-state index contributed by atoms with van der Waals surface area (Å²) in [5.74, 6) is 0.658. The van der Waals surface area contributed by atoms with Gasteiger partial charge in [0.15, 0.2) is 0 Å². The summed E-state index contributed by atoms with van der Waals surface area (Å²) in [6, 6.07) is 4.88. The van der Waals surface area contributed by atoms with Crippen molar-refractivity contribution in [2.75, 3.05) is 46.9 Å². The van der Waals surface area contributed by atoms with E-state index in [1.165, 1.54) is 24.0 Å². The lowest BCUT2D eigenvalue weighted by Gasteiger charge is -2.35. The molecule has 0 aromatic heterocycles. The number of amides is 1. The molecule has 1 aromatic rings. The third-order valence-electron chi connectivity index (χ3n) is 3.70. The zero-order valence-corrected chi connectivity index (χ0v) is 13.0. The first-order valence-electron chi connectivity index (χ1n) is 7.14. The first kappa shape index (κ1) is 17.4. The minimum absolute atomic E-state index is 0.192. The predicted molar refractivity (Wildman–Crippen MR) is 77.9 cm³/mol. The Balaban J connectivity index is 2.05. The summed E-state index contributed by atoms with van der Waals surface area (Å²) < 4.78 is 47.5. The van der Waals surface area contributed by atoms with Crippen molar-refractivity contribution in [1.29, 1.82) is 0 Å². The molecule has 23 heavy (non-hydrogen) atoms. The lowest BCUT2D eigenvalue weighted by molar-refractivity contribution is -0.148. The zero-order valence-electron chi connectivity index (χ0n) is 13.0. The highest BCUT2D eigenvalue weighted by Gasteiger charge is 2.33. The largest absolute Gasteiger partial charge is 0.497 e. The average Bonchev–Trinajstić information content (AvgIpc) is 2.52. The van der Waals surface area contributed by atoms with Crippen molar-refractivity contribution in [3.8, 4) is 11.5 Å². The molecule has 128 valence electrons. The van der Waals surface area contributed by atoms with Gasteiger partial charge < -0.3 is 14.4 Å². The Hall–Kier alpha value is -1.96. The molecule has 5 nitrogen and oxygen atoms in total. The van der Waals surface area contributed by atoms with Crippen LogP contribution in [0.1, 0.15) is 10.4 Å². The summed E-state index contributed by atoms with van der Waals surface area (Å²) in [5.41, 5.74) is 0.344. The van der Waals surface area contributed by atoms with Crippen LogP contribution in [0.5, 0.6) is 11.5 Å². The molecule has 1 fully saturated rings. The molecule has 0 bridgehead atoms. The van der Waals surface area contributed by atoms with E-state index in [1.54, 1.807) is 18.2 Å². The topological polar surface area (TPSA) is 42.0 Å². The van der Waals surface area contributed by atoms with E-state index in [2.05, 4.69) is 0 Å². The van der Waals surface area contributed by atoms with Crippen molar-refractivity contribution < 1.29 is 27.4 Å². The van der Waals surface area contributed by atoms with E-state index in [9.17, 15) is 18.0 Å². The Morgan fingerprint density at radius 1 is 1.13 bits per heavy atom. The van der Waals surface area contributed by atoms with E-state index in [0.29, 0.717) is 17.1 Å². The molecule has 0 spiro atoms. The average molecular weight is 332 g/mol. The van der Waals surface area contributed by atoms with Gasteiger partial charge in [0.25, 0.3) is 5.91 Å². The molecule has 0 unspecified atom stereocenters. The number of hydrogen-bond acceptors (Lipinski definition) is 4. The number of alkyl halides is 3. The fourth-order valence-electron chi connectivity index (χ4n) is 2.51. The molecule has 0 aliphatic carbocycles. The van der Waals surface area contributed by atoms with Gasteiger partial charge in [-0.2, -0.15) is 13.2 Å². The second-order valence-corrected chi connectivity index (χ2v) is 5.25. The molecule has 1 aromatic carbocycles. The molecular weight excluding hydrogens is 313 g/mol. The Kier molecular flexibility index (Phi) is 5.35. The van der Waals surface area contributed by atoms with E-state index >= 15 is 0 Å².